The first kappa shape index (κ1) is 18.7. The van der Waals surface area contributed by atoms with Crippen LogP contribution in [0.5, 0.6) is 11.5 Å². The highest BCUT2D eigenvalue weighted by Gasteiger charge is 2.12. The molecular formula is C18H18ClN5O3. The Kier molecular flexibility index (Phi) is 5.87. The Balaban J connectivity index is 1.70. The Hall–Kier alpha value is -3.13. The van der Waals surface area contributed by atoms with Crippen molar-refractivity contribution in [1.29, 1.82) is 0 Å². The van der Waals surface area contributed by atoms with Gasteiger partial charge in [-0.05, 0) is 54.6 Å². The summed E-state index contributed by atoms with van der Waals surface area (Å²) < 4.78 is 10.8. The highest BCUT2D eigenvalue weighted by Crippen LogP contribution is 2.31. The van der Waals surface area contributed by atoms with Gasteiger partial charge in [0.05, 0.1) is 13.7 Å². The Morgan fingerprint density at radius 2 is 1.96 bits per heavy atom. The van der Waals surface area contributed by atoms with Crippen molar-refractivity contribution in [2.45, 2.75) is 13.5 Å². The van der Waals surface area contributed by atoms with Crippen LogP contribution < -0.4 is 14.8 Å². The molecule has 1 amide bonds. The monoisotopic (exact) mass is 387 g/mol. The fourth-order valence-electron chi connectivity index (χ4n) is 2.37. The van der Waals surface area contributed by atoms with E-state index in [2.05, 4.69) is 20.7 Å². The van der Waals surface area contributed by atoms with E-state index in [0.29, 0.717) is 40.2 Å². The van der Waals surface area contributed by atoms with Gasteiger partial charge in [-0.25, -0.2) is 0 Å². The van der Waals surface area contributed by atoms with Gasteiger partial charge in [0, 0.05) is 16.3 Å². The number of hydrogen-bond donors (Lipinski definition) is 1. The molecule has 0 aliphatic carbocycles. The van der Waals surface area contributed by atoms with Gasteiger partial charge in [0.1, 0.15) is 6.54 Å². The maximum absolute atomic E-state index is 12.1. The number of anilines is 1. The molecule has 0 aliphatic heterocycles. The third-order valence-corrected chi connectivity index (χ3v) is 3.84. The summed E-state index contributed by atoms with van der Waals surface area (Å²) in [7, 11) is 1.57. The van der Waals surface area contributed by atoms with E-state index < -0.39 is 0 Å². The van der Waals surface area contributed by atoms with Gasteiger partial charge in [-0.1, -0.05) is 11.6 Å². The van der Waals surface area contributed by atoms with E-state index in [4.69, 9.17) is 21.1 Å². The largest absolute Gasteiger partial charge is 0.493 e. The molecule has 140 valence electrons. The molecule has 0 spiro atoms. The Labute approximate surface area is 161 Å². The Morgan fingerprint density at radius 1 is 1.19 bits per heavy atom. The first-order valence-electron chi connectivity index (χ1n) is 8.23. The van der Waals surface area contributed by atoms with Gasteiger partial charge in [0.2, 0.25) is 11.7 Å². The number of hydrogen-bond acceptors (Lipinski definition) is 6. The summed E-state index contributed by atoms with van der Waals surface area (Å²) in [5.41, 5.74) is 1.35. The maximum atomic E-state index is 12.1. The molecule has 0 saturated heterocycles. The smallest absolute Gasteiger partial charge is 0.248 e. The number of nitrogens with zero attached hydrogens (tertiary/aromatic N) is 4. The van der Waals surface area contributed by atoms with E-state index >= 15 is 0 Å². The number of nitrogens with one attached hydrogen (secondary N) is 1. The number of carbonyl (C=O) groups is 1. The highest BCUT2D eigenvalue weighted by molar-refractivity contribution is 6.30. The molecule has 0 radical (unpaired) electrons. The summed E-state index contributed by atoms with van der Waals surface area (Å²) in [6.45, 7) is 2.33. The van der Waals surface area contributed by atoms with Gasteiger partial charge >= 0.3 is 0 Å². The molecule has 9 heteroatoms. The van der Waals surface area contributed by atoms with Crippen LogP contribution in [-0.2, 0) is 11.3 Å². The maximum Gasteiger partial charge on any atom is 0.248 e. The number of rotatable bonds is 7. The number of halogens is 1. The number of carbonyl (C=O) groups excluding carboxylic acids is 1. The molecule has 0 aliphatic rings. The lowest BCUT2D eigenvalue weighted by Gasteiger charge is -2.09. The van der Waals surface area contributed by atoms with Gasteiger partial charge in [-0.2, -0.15) is 4.80 Å². The van der Waals surface area contributed by atoms with Crippen molar-refractivity contribution < 1.29 is 14.3 Å². The van der Waals surface area contributed by atoms with E-state index in [1.807, 2.05) is 6.92 Å². The van der Waals surface area contributed by atoms with Gasteiger partial charge in [-0.3, -0.25) is 4.79 Å². The van der Waals surface area contributed by atoms with Gasteiger partial charge in [-0.15, -0.1) is 10.2 Å². The number of methoxy groups -OCH3 is 1. The number of ether oxygens (including phenoxy) is 2. The predicted octanol–water partition coefficient (Wildman–Crippen LogP) is 3.04. The summed E-state index contributed by atoms with van der Waals surface area (Å²) in [6, 6.07) is 12.2. The molecule has 8 nitrogen and oxygen atoms in total. The molecule has 1 heterocycles. The molecule has 1 N–H and O–H groups in total. The Bertz CT molecular complexity index is 927. The van der Waals surface area contributed by atoms with Crippen LogP contribution in [0.2, 0.25) is 5.02 Å². The first-order valence-corrected chi connectivity index (χ1v) is 8.61. The van der Waals surface area contributed by atoms with Crippen molar-refractivity contribution in [3.05, 3.63) is 47.5 Å². The van der Waals surface area contributed by atoms with Crippen molar-refractivity contribution in [3.63, 3.8) is 0 Å². The van der Waals surface area contributed by atoms with Gasteiger partial charge < -0.3 is 14.8 Å². The van der Waals surface area contributed by atoms with Crippen LogP contribution in [-0.4, -0.2) is 39.8 Å². The Morgan fingerprint density at radius 3 is 2.67 bits per heavy atom. The summed E-state index contributed by atoms with van der Waals surface area (Å²) in [4.78, 5) is 13.4. The normalized spacial score (nSPS) is 10.5. The quantitative estimate of drug-likeness (QED) is 0.670. The van der Waals surface area contributed by atoms with Crippen LogP contribution in [0.1, 0.15) is 6.92 Å². The first-order chi connectivity index (χ1) is 13.1. The SMILES string of the molecule is CCOc1cc(-c2nnn(CC(=O)Nc3ccc(Cl)cc3)n2)ccc1OC. The molecule has 1 aromatic heterocycles. The van der Waals surface area contributed by atoms with Crippen molar-refractivity contribution >= 4 is 23.2 Å². The third-order valence-electron chi connectivity index (χ3n) is 3.59. The van der Waals surface area contributed by atoms with Crippen LogP contribution in [0.15, 0.2) is 42.5 Å². The molecule has 27 heavy (non-hydrogen) atoms. The highest BCUT2D eigenvalue weighted by atomic mass is 35.5. The molecular weight excluding hydrogens is 370 g/mol. The van der Waals surface area contributed by atoms with Crippen molar-refractivity contribution in [2.24, 2.45) is 0 Å². The van der Waals surface area contributed by atoms with Crippen LogP contribution in [0.4, 0.5) is 5.69 Å². The molecule has 3 rings (SSSR count). The van der Waals surface area contributed by atoms with E-state index in [0.717, 1.165) is 0 Å². The summed E-state index contributed by atoms with van der Waals surface area (Å²) in [5.74, 6) is 1.33. The van der Waals surface area contributed by atoms with E-state index in [-0.39, 0.29) is 12.5 Å². The molecule has 0 fully saturated rings. The second-order valence-corrected chi connectivity index (χ2v) is 5.93. The van der Waals surface area contributed by atoms with Crippen LogP contribution in [0.25, 0.3) is 11.4 Å². The minimum Gasteiger partial charge on any atom is -0.493 e. The minimum absolute atomic E-state index is 0.0654. The second-order valence-electron chi connectivity index (χ2n) is 5.50. The zero-order valence-corrected chi connectivity index (χ0v) is 15.6. The zero-order valence-electron chi connectivity index (χ0n) is 14.8. The minimum atomic E-state index is -0.272. The fraction of sp³-hybridized carbons (Fsp3) is 0.222. The topological polar surface area (TPSA) is 91.2 Å². The average Bonchev–Trinajstić information content (AvgIpc) is 3.12. The lowest BCUT2D eigenvalue weighted by Crippen LogP contribution is -2.20. The third kappa shape index (κ3) is 4.73. The molecule has 2 aromatic carbocycles. The summed E-state index contributed by atoms with van der Waals surface area (Å²) in [5, 5.41) is 15.5. The average molecular weight is 388 g/mol. The number of aromatic nitrogens is 4. The number of benzene rings is 2. The van der Waals surface area contributed by atoms with Crippen molar-refractivity contribution in [1.82, 2.24) is 20.2 Å². The lowest BCUT2D eigenvalue weighted by atomic mass is 10.2. The standard InChI is InChI=1S/C18H18ClN5O3/c1-3-27-16-10-12(4-9-15(16)26-2)18-21-23-24(22-18)11-17(25)20-14-7-5-13(19)6-8-14/h4-10H,3,11H2,1-2H3,(H,20,25). The number of tetrazole rings is 1. The fourth-order valence-corrected chi connectivity index (χ4v) is 2.50. The van der Waals surface area contributed by atoms with Crippen molar-refractivity contribution in [2.75, 3.05) is 19.0 Å². The molecule has 0 atom stereocenters. The molecule has 0 saturated carbocycles. The number of amides is 1. The van der Waals surface area contributed by atoms with Crippen LogP contribution in [0, 0.1) is 0 Å². The van der Waals surface area contributed by atoms with Crippen molar-refractivity contribution in [3.8, 4) is 22.9 Å². The molecule has 0 bridgehead atoms. The van der Waals surface area contributed by atoms with E-state index in [9.17, 15) is 4.79 Å². The predicted molar refractivity (Wildman–Crippen MR) is 101 cm³/mol. The van der Waals surface area contributed by atoms with Gasteiger partial charge in [0.25, 0.3) is 0 Å². The van der Waals surface area contributed by atoms with Crippen LogP contribution in [0.3, 0.4) is 0 Å². The zero-order chi connectivity index (χ0) is 19.2. The summed E-state index contributed by atoms with van der Waals surface area (Å²) in [6.07, 6.45) is 0. The molecule has 0 unspecified atom stereocenters. The lowest BCUT2D eigenvalue weighted by molar-refractivity contribution is -0.117. The van der Waals surface area contributed by atoms with Crippen LogP contribution >= 0.6 is 11.6 Å². The van der Waals surface area contributed by atoms with E-state index in [1.54, 1.807) is 49.6 Å². The summed E-state index contributed by atoms with van der Waals surface area (Å²) >= 11 is 5.83. The second kappa shape index (κ2) is 8.50. The molecule has 3 aromatic rings. The van der Waals surface area contributed by atoms with Gasteiger partial charge in [0.15, 0.2) is 11.5 Å². The van der Waals surface area contributed by atoms with E-state index in [1.165, 1.54) is 4.80 Å².